The van der Waals surface area contributed by atoms with E-state index in [9.17, 15) is 0 Å². The van der Waals surface area contributed by atoms with Gasteiger partial charge in [0.05, 0.1) is 0 Å². The van der Waals surface area contributed by atoms with Gasteiger partial charge in [0.15, 0.2) is 0 Å². The Hall–Kier alpha value is -0.520. The van der Waals surface area contributed by atoms with Crippen molar-refractivity contribution in [1.82, 2.24) is 0 Å². The molecule has 0 spiro atoms. The summed E-state index contributed by atoms with van der Waals surface area (Å²) in [6.45, 7) is 6.83. The van der Waals surface area contributed by atoms with Crippen LogP contribution < -0.4 is 0 Å². The van der Waals surface area contributed by atoms with Gasteiger partial charge in [0.1, 0.15) is 0 Å². The Morgan fingerprint density at radius 1 is 1.50 bits per heavy atom. The Bertz CT molecular complexity index is 196. The molecule has 1 unspecified atom stereocenters. The highest BCUT2D eigenvalue weighted by Crippen LogP contribution is 2.29. The molecule has 1 rings (SSSR count). The second kappa shape index (κ2) is 4.49. The average Bonchev–Trinajstić information content (AvgIpc) is 2.03. The molecule has 0 heteroatoms. The van der Waals surface area contributed by atoms with E-state index in [1.54, 1.807) is 11.1 Å². The monoisotopic (exact) mass is 164 g/mol. The molecule has 0 saturated carbocycles. The Morgan fingerprint density at radius 2 is 2.25 bits per heavy atom. The van der Waals surface area contributed by atoms with Crippen molar-refractivity contribution in [3.8, 4) is 0 Å². The molecule has 0 aromatic rings. The quantitative estimate of drug-likeness (QED) is 0.576. The van der Waals surface area contributed by atoms with Crippen LogP contribution in [-0.4, -0.2) is 0 Å². The third kappa shape index (κ3) is 2.51. The van der Waals surface area contributed by atoms with Crippen molar-refractivity contribution < 1.29 is 0 Å². The van der Waals surface area contributed by atoms with Crippen molar-refractivity contribution in [3.63, 3.8) is 0 Å². The van der Waals surface area contributed by atoms with E-state index in [0.717, 1.165) is 12.3 Å². The van der Waals surface area contributed by atoms with Crippen LogP contribution in [0.15, 0.2) is 23.3 Å². The van der Waals surface area contributed by atoms with Crippen LogP contribution in [0.2, 0.25) is 0 Å². The van der Waals surface area contributed by atoms with Crippen LogP contribution in [0, 0.1) is 5.92 Å². The minimum absolute atomic E-state index is 0.906. The summed E-state index contributed by atoms with van der Waals surface area (Å²) < 4.78 is 0. The van der Waals surface area contributed by atoms with E-state index in [1.807, 2.05) is 0 Å². The highest BCUT2D eigenvalue weighted by atomic mass is 14.2. The van der Waals surface area contributed by atoms with Gasteiger partial charge >= 0.3 is 0 Å². The molecule has 0 aliphatic heterocycles. The standard InChI is InChI=1S/C12H20/c1-4-5-6-12-8-7-10(2)9-11(12)3/h5-6,10H,4,7-9H2,1-3H3. The van der Waals surface area contributed by atoms with Gasteiger partial charge in [0.2, 0.25) is 0 Å². The van der Waals surface area contributed by atoms with Crippen molar-refractivity contribution >= 4 is 0 Å². The van der Waals surface area contributed by atoms with E-state index in [2.05, 4.69) is 32.9 Å². The van der Waals surface area contributed by atoms with Crippen LogP contribution in [0.25, 0.3) is 0 Å². The maximum absolute atomic E-state index is 2.35. The van der Waals surface area contributed by atoms with Gasteiger partial charge < -0.3 is 0 Å². The molecule has 0 heterocycles. The van der Waals surface area contributed by atoms with Crippen molar-refractivity contribution in [2.45, 2.75) is 46.5 Å². The lowest BCUT2D eigenvalue weighted by Crippen LogP contribution is -2.04. The second-order valence-corrected chi connectivity index (χ2v) is 3.96. The Morgan fingerprint density at radius 3 is 2.83 bits per heavy atom. The Labute approximate surface area is 76.4 Å². The smallest absolute Gasteiger partial charge is 0.0277 e. The van der Waals surface area contributed by atoms with Gasteiger partial charge in [-0.25, -0.2) is 0 Å². The van der Waals surface area contributed by atoms with Crippen LogP contribution in [0.3, 0.4) is 0 Å². The molecule has 0 aromatic carbocycles. The third-order valence-corrected chi connectivity index (χ3v) is 2.66. The van der Waals surface area contributed by atoms with E-state index in [-0.39, 0.29) is 0 Å². The topological polar surface area (TPSA) is 0 Å². The third-order valence-electron chi connectivity index (χ3n) is 2.66. The number of allylic oxidation sites excluding steroid dienone is 4. The van der Waals surface area contributed by atoms with E-state index < -0.39 is 0 Å². The highest BCUT2D eigenvalue weighted by molar-refractivity contribution is 5.26. The van der Waals surface area contributed by atoms with Gasteiger partial charge in [0.25, 0.3) is 0 Å². The van der Waals surface area contributed by atoms with Crippen molar-refractivity contribution in [2.75, 3.05) is 0 Å². The van der Waals surface area contributed by atoms with Gasteiger partial charge in [-0.2, -0.15) is 0 Å². The van der Waals surface area contributed by atoms with Gasteiger partial charge in [0, 0.05) is 0 Å². The van der Waals surface area contributed by atoms with Crippen LogP contribution in [0.5, 0.6) is 0 Å². The lowest BCUT2D eigenvalue weighted by Gasteiger charge is -2.20. The summed E-state index contributed by atoms with van der Waals surface area (Å²) in [4.78, 5) is 0. The van der Waals surface area contributed by atoms with E-state index >= 15 is 0 Å². The number of hydrogen-bond donors (Lipinski definition) is 0. The first-order valence-corrected chi connectivity index (χ1v) is 5.09. The number of hydrogen-bond acceptors (Lipinski definition) is 0. The van der Waals surface area contributed by atoms with Crippen LogP contribution in [0.1, 0.15) is 46.5 Å². The molecule has 0 nitrogen and oxygen atoms in total. The van der Waals surface area contributed by atoms with E-state index in [4.69, 9.17) is 0 Å². The predicted octanol–water partition coefficient (Wildman–Crippen LogP) is 4.09. The molecular formula is C12H20. The van der Waals surface area contributed by atoms with Gasteiger partial charge in [-0.1, -0.05) is 31.6 Å². The summed E-state index contributed by atoms with van der Waals surface area (Å²) in [5, 5.41) is 0. The fourth-order valence-corrected chi connectivity index (χ4v) is 1.86. The first-order valence-electron chi connectivity index (χ1n) is 5.09. The lowest BCUT2D eigenvalue weighted by molar-refractivity contribution is 0.500. The molecule has 1 aliphatic carbocycles. The van der Waals surface area contributed by atoms with Gasteiger partial charge in [-0.3, -0.25) is 0 Å². The fourth-order valence-electron chi connectivity index (χ4n) is 1.86. The zero-order valence-electron chi connectivity index (χ0n) is 8.56. The molecule has 0 bridgehead atoms. The highest BCUT2D eigenvalue weighted by Gasteiger charge is 2.12. The SMILES string of the molecule is CCC=CC1=C(C)CC(C)CC1. The summed E-state index contributed by atoms with van der Waals surface area (Å²) in [6, 6.07) is 0. The molecule has 0 saturated heterocycles. The van der Waals surface area contributed by atoms with Crippen LogP contribution in [0.4, 0.5) is 0 Å². The first-order chi connectivity index (χ1) is 5.74. The predicted molar refractivity (Wildman–Crippen MR) is 55.1 cm³/mol. The van der Waals surface area contributed by atoms with E-state index in [1.165, 1.54) is 19.3 Å². The number of rotatable bonds is 2. The second-order valence-electron chi connectivity index (χ2n) is 3.96. The van der Waals surface area contributed by atoms with Crippen LogP contribution >= 0.6 is 0 Å². The minimum atomic E-state index is 0.906. The maximum atomic E-state index is 2.35. The van der Waals surface area contributed by atoms with Crippen LogP contribution in [-0.2, 0) is 0 Å². The van der Waals surface area contributed by atoms with Crippen molar-refractivity contribution in [3.05, 3.63) is 23.3 Å². The molecule has 0 fully saturated rings. The Balaban J connectivity index is 2.62. The fraction of sp³-hybridized carbons (Fsp3) is 0.667. The molecule has 68 valence electrons. The zero-order chi connectivity index (χ0) is 8.97. The minimum Gasteiger partial charge on any atom is -0.0845 e. The summed E-state index contributed by atoms with van der Waals surface area (Å²) in [6.07, 6.45) is 9.73. The molecular weight excluding hydrogens is 144 g/mol. The van der Waals surface area contributed by atoms with Gasteiger partial charge in [-0.15, -0.1) is 0 Å². The molecule has 1 atom stereocenters. The van der Waals surface area contributed by atoms with Gasteiger partial charge in [-0.05, 0) is 44.1 Å². The molecule has 1 aliphatic rings. The molecule has 0 N–H and O–H groups in total. The molecule has 0 aromatic heterocycles. The molecule has 12 heavy (non-hydrogen) atoms. The summed E-state index contributed by atoms with van der Waals surface area (Å²) in [5.74, 6) is 0.906. The summed E-state index contributed by atoms with van der Waals surface area (Å²) >= 11 is 0. The first kappa shape index (κ1) is 9.57. The van der Waals surface area contributed by atoms with Crippen molar-refractivity contribution in [2.24, 2.45) is 5.92 Å². The largest absolute Gasteiger partial charge is 0.0845 e. The normalized spacial score (nSPS) is 25.4. The summed E-state index contributed by atoms with van der Waals surface area (Å²) in [7, 11) is 0. The molecule has 0 radical (unpaired) electrons. The average molecular weight is 164 g/mol. The zero-order valence-corrected chi connectivity index (χ0v) is 8.56. The van der Waals surface area contributed by atoms with E-state index in [0.29, 0.717) is 0 Å². The van der Waals surface area contributed by atoms with Crippen molar-refractivity contribution in [1.29, 1.82) is 0 Å². The lowest BCUT2D eigenvalue weighted by atomic mass is 9.85. The molecule has 0 amide bonds. The summed E-state index contributed by atoms with van der Waals surface area (Å²) in [5.41, 5.74) is 3.20. The maximum Gasteiger partial charge on any atom is -0.0277 e. The Kier molecular flexibility index (Phi) is 3.58.